The van der Waals surface area contributed by atoms with Gasteiger partial charge >= 0.3 is 5.97 Å². The quantitative estimate of drug-likeness (QED) is 0.544. The second kappa shape index (κ2) is 9.15. The molecule has 144 valence electrons. The van der Waals surface area contributed by atoms with Crippen molar-refractivity contribution in [2.24, 2.45) is 0 Å². The molecule has 0 saturated heterocycles. The van der Waals surface area contributed by atoms with Crippen molar-refractivity contribution in [3.05, 3.63) is 88.4 Å². The summed E-state index contributed by atoms with van der Waals surface area (Å²) in [6.07, 6.45) is 0. The molecule has 0 aliphatic heterocycles. The average Bonchev–Trinajstić information content (AvgIpc) is 2.71. The number of carboxylic acids is 1. The molecule has 0 aliphatic rings. The highest BCUT2D eigenvalue weighted by Crippen LogP contribution is 2.32. The molecule has 3 aromatic rings. The average molecular weight is 398 g/mol. The van der Waals surface area contributed by atoms with Crippen LogP contribution in [0.15, 0.2) is 66.7 Å². The number of hydrogen-bond donors (Lipinski definition) is 2. The van der Waals surface area contributed by atoms with E-state index in [2.05, 4.69) is 5.32 Å². The number of aromatic carboxylic acids is 1. The lowest BCUT2D eigenvalue weighted by Gasteiger charge is -2.16. The van der Waals surface area contributed by atoms with Crippen molar-refractivity contribution in [3.8, 4) is 11.5 Å². The van der Waals surface area contributed by atoms with Gasteiger partial charge in [-0.05, 0) is 48.0 Å². The van der Waals surface area contributed by atoms with Crippen LogP contribution < -0.4 is 14.8 Å². The first-order valence-electron chi connectivity index (χ1n) is 8.67. The molecule has 0 amide bonds. The first-order valence-corrected chi connectivity index (χ1v) is 9.05. The zero-order valence-electron chi connectivity index (χ0n) is 15.3. The zero-order valence-corrected chi connectivity index (χ0v) is 16.1. The van der Waals surface area contributed by atoms with Crippen LogP contribution in [-0.2, 0) is 13.2 Å². The van der Waals surface area contributed by atoms with E-state index in [1.54, 1.807) is 31.4 Å². The maximum atomic E-state index is 11.0. The second-order valence-corrected chi connectivity index (χ2v) is 6.54. The summed E-state index contributed by atoms with van der Waals surface area (Å²) in [6, 6.07) is 19.8. The number of nitrogens with one attached hydrogen (secondary N) is 1. The minimum atomic E-state index is -0.948. The second-order valence-electron chi connectivity index (χ2n) is 6.10. The number of carbonyl (C=O) groups is 1. The maximum absolute atomic E-state index is 11.0. The Morgan fingerprint density at radius 3 is 2.50 bits per heavy atom. The molecule has 0 fully saturated rings. The van der Waals surface area contributed by atoms with Crippen molar-refractivity contribution in [1.82, 2.24) is 0 Å². The van der Waals surface area contributed by atoms with E-state index in [0.717, 1.165) is 16.8 Å². The van der Waals surface area contributed by atoms with Gasteiger partial charge in [0.1, 0.15) is 6.61 Å². The topological polar surface area (TPSA) is 67.8 Å². The number of benzene rings is 3. The molecule has 0 aliphatic carbocycles. The van der Waals surface area contributed by atoms with Gasteiger partial charge in [-0.15, -0.1) is 0 Å². The Morgan fingerprint density at radius 2 is 1.82 bits per heavy atom. The molecule has 0 unspecified atom stereocenters. The Kier molecular flexibility index (Phi) is 6.40. The highest BCUT2D eigenvalue weighted by molar-refractivity contribution is 6.30. The third-order valence-corrected chi connectivity index (χ3v) is 4.40. The number of para-hydroxylation sites is 1. The molecule has 3 aromatic carbocycles. The van der Waals surface area contributed by atoms with E-state index < -0.39 is 5.97 Å². The van der Waals surface area contributed by atoms with Gasteiger partial charge in [-0.1, -0.05) is 35.9 Å². The summed E-state index contributed by atoms with van der Waals surface area (Å²) in [7, 11) is 1.60. The summed E-state index contributed by atoms with van der Waals surface area (Å²) in [5.74, 6) is 0.346. The normalized spacial score (nSPS) is 10.4. The summed E-state index contributed by atoms with van der Waals surface area (Å²) in [5, 5.41) is 12.9. The molecule has 6 heteroatoms. The predicted octanol–water partition coefficient (Wildman–Crippen LogP) is 5.24. The van der Waals surface area contributed by atoms with Crippen LogP contribution in [0.25, 0.3) is 0 Å². The van der Waals surface area contributed by atoms with Gasteiger partial charge in [-0.25, -0.2) is 4.79 Å². The molecular formula is C22H20ClNO4. The van der Waals surface area contributed by atoms with Gasteiger partial charge in [-0.3, -0.25) is 0 Å². The summed E-state index contributed by atoms with van der Waals surface area (Å²) in [4.78, 5) is 11.0. The lowest BCUT2D eigenvalue weighted by atomic mass is 10.1. The molecule has 0 heterocycles. The van der Waals surface area contributed by atoms with Gasteiger partial charge in [-0.2, -0.15) is 0 Å². The van der Waals surface area contributed by atoms with Crippen molar-refractivity contribution in [3.63, 3.8) is 0 Å². The standard InChI is InChI=1S/C22H20ClNO4/c1-27-20-7-3-5-17(13-24-19-10-8-16(9-11-19)22(25)26)21(20)28-14-15-4-2-6-18(23)12-15/h2-12,24H,13-14H2,1H3,(H,25,26). The van der Waals surface area contributed by atoms with Gasteiger partial charge in [0, 0.05) is 22.8 Å². The van der Waals surface area contributed by atoms with Crippen LogP contribution in [0.5, 0.6) is 11.5 Å². The summed E-state index contributed by atoms with van der Waals surface area (Å²) in [5.41, 5.74) is 2.94. The smallest absolute Gasteiger partial charge is 0.335 e. The van der Waals surface area contributed by atoms with Crippen molar-refractivity contribution in [2.45, 2.75) is 13.2 Å². The molecule has 0 aromatic heterocycles. The van der Waals surface area contributed by atoms with E-state index >= 15 is 0 Å². The first-order chi connectivity index (χ1) is 13.6. The van der Waals surface area contributed by atoms with Gasteiger partial charge in [0.05, 0.1) is 12.7 Å². The molecule has 5 nitrogen and oxygen atoms in total. The number of carboxylic acid groups (broad SMARTS) is 1. The molecule has 0 radical (unpaired) electrons. The number of methoxy groups -OCH3 is 1. The van der Waals surface area contributed by atoms with E-state index in [0.29, 0.717) is 29.7 Å². The van der Waals surface area contributed by atoms with Crippen molar-refractivity contribution < 1.29 is 19.4 Å². The summed E-state index contributed by atoms with van der Waals surface area (Å²) < 4.78 is 11.5. The number of halogens is 1. The highest BCUT2D eigenvalue weighted by Gasteiger charge is 2.11. The van der Waals surface area contributed by atoms with Gasteiger partial charge < -0.3 is 19.9 Å². The number of ether oxygens (including phenoxy) is 2. The van der Waals surface area contributed by atoms with Gasteiger partial charge in [0.15, 0.2) is 11.5 Å². The Balaban J connectivity index is 1.74. The van der Waals surface area contributed by atoms with E-state index in [4.69, 9.17) is 26.2 Å². The van der Waals surface area contributed by atoms with E-state index in [1.807, 2.05) is 42.5 Å². The molecule has 0 saturated carbocycles. The van der Waals surface area contributed by atoms with E-state index in [1.165, 1.54) is 0 Å². The maximum Gasteiger partial charge on any atom is 0.335 e. The lowest BCUT2D eigenvalue weighted by Crippen LogP contribution is -2.05. The minimum absolute atomic E-state index is 0.248. The third kappa shape index (κ3) is 4.96. The molecule has 0 atom stereocenters. The van der Waals surface area contributed by atoms with E-state index in [-0.39, 0.29) is 5.56 Å². The fourth-order valence-corrected chi connectivity index (χ4v) is 2.95. The molecular weight excluding hydrogens is 378 g/mol. The number of rotatable bonds is 8. The first kappa shape index (κ1) is 19.6. The van der Waals surface area contributed by atoms with Gasteiger partial charge in [0.25, 0.3) is 0 Å². The molecule has 28 heavy (non-hydrogen) atoms. The fourth-order valence-electron chi connectivity index (χ4n) is 2.74. The number of hydrogen-bond acceptors (Lipinski definition) is 4. The van der Waals surface area contributed by atoms with Crippen LogP contribution in [0.2, 0.25) is 5.02 Å². The Labute approximate surface area is 168 Å². The SMILES string of the molecule is COc1cccc(CNc2ccc(C(=O)O)cc2)c1OCc1cccc(Cl)c1. The zero-order chi connectivity index (χ0) is 19.9. The van der Waals surface area contributed by atoms with Crippen LogP contribution in [-0.4, -0.2) is 18.2 Å². The van der Waals surface area contributed by atoms with Crippen LogP contribution in [0.3, 0.4) is 0 Å². The van der Waals surface area contributed by atoms with Gasteiger partial charge in [0.2, 0.25) is 0 Å². The highest BCUT2D eigenvalue weighted by atomic mass is 35.5. The third-order valence-electron chi connectivity index (χ3n) is 4.17. The Hall–Kier alpha value is -3.18. The van der Waals surface area contributed by atoms with Crippen LogP contribution in [0.4, 0.5) is 5.69 Å². The molecule has 0 bridgehead atoms. The molecule has 2 N–H and O–H groups in total. The van der Waals surface area contributed by atoms with Crippen molar-refractivity contribution in [2.75, 3.05) is 12.4 Å². The monoisotopic (exact) mass is 397 g/mol. The summed E-state index contributed by atoms with van der Waals surface area (Å²) >= 11 is 6.04. The Bertz CT molecular complexity index is 957. The van der Waals surface area contributed by atoms with Crippen LogP contribution in [0.1, 0.15) is 21.5 Å². The lowest BCUT2D eigenvalue weighted by molar-refractivity contribution is 0.0697. The van der Waals surface area contributed by atoms with Crippen molar-refractivity contribution in [1.29, 1.82) is 0 Å². The largest absolute Gasteiger partial charge is 0.493 e. The Morgan fingerprint density at radius 1 is 1.07 bits per heavy atom. The van der Waals surface area contributed by atoms with Crippen molar-refractivity contribution >= 4 is 23.3 Å². The fraction of sp³-hybridized carbons (Fsp3) is 0.136. The summed E-state index contributed by atoms with van der Waals surface area (Å²) in [6.45, 7) is 0.857. The molecule has 3 rings (SSSR count). The van der Waals surface area contributed by atoms with E-state index in [9.17, 15) is 4.79 Å². The van der Waals surface area contributed by atoms with Crippen LogP contribution >= 0.6 is 11.6 Å². The minimum Gasteiger partial charge on any atom is -0.493 e. The van der Waals surface area contributed by atoms with Crippen LogP contribution in [0, 0.1) is 0 Å². The predicted molar refractivity (Wildman–Crippen MR) is 110 cm³/mol. The number of anilines is 1. The molecule has 0 spiro atoms.